The molecule has 1 nitrogen and oxygen atoms in total. The minimum atomic E-state index is 0.685. The van der Waals surface area contributed by atoms with E-state index in [0.717, 1.165) is 20.6 Å². The highest BCUT2D eigenvalue weighted by molar-refractivity contribution is 7.99. The van der Waals surface area contributed by atoms with Crippen LogP contribution in [0.15, 0.2) is 52.3 Å². The van der Waals surface area contributed by atoms with Gasteiger partial charge in [-0.05, 0) is 42.5 Å². The van der Waals surface area contributed by atoms with Crippen LogP contribution < -0.4 is 4.74 Å². The average Bonchev–Trinajstić information content (AvgIpc) is 2.34. The van der Waals surface area contributed by atoms with Crippen molar-refractivity contribution in [2.75, 3.05) is 7.11 Å². The molecule has 0 aliphatic rings. The second kappa shape index (κ2) is 5.67. The predicted molar refractivity (Wildman–Crippen MR) is 73.6 cm³/mol. The van der Waals surface area contributed by atoms with Crippen molar-refractivity contribution >= 4 is 35.0 Å². The maximum atomic E-state index is 6.16. The summed E-state index contributed by atoms with van der Waals surface area (Å²) < 4.78 is 5.10. The number of methoxy groups -OCH3 is 1. The van der Waals surface area contributed by atoms with Crippen molar-refractivity contribution in [3.8, 4) is 5.75 Å². The summed E-state index contributed by atoms with van der Waals surface area (Å²) in [5.41, 5.74) is 0. The number of hydrogen-bond donors (Lipinski definition) is 0. The van der Waals surface area contributed by atoms with Crippen molar-refractivity contribution in [1.29, 1.82) is 0 Å². The first-order valence-electron chi connectivity index (χ1n) is 4.96. The zero-order valence-electron chi connectivity index (χ0n) is 9.11. The Morgan fingerprint density at radius 3 is 2.29 bits per heavy atom. The number of benzene rings is 2. The van der Waals surface area contributed by atoms with E-state index in [1.165, 1.54) is 0 Å². The van der Waals surface area contributed by atoms with Gasteiger partial charge in [-0.3, -0.25) is 0 Å². The van der Waals surface area contributed by atoms with Crippen LogP contribution in [0.4, 0.5) is 0 Å². The van der Waals surface area contributed by atoms with Gasteiger partial charge in [-0.1, -0.05) is 35.0 Å². The molecule has 0 aliphatic carbocycles. The smallest absolute Gasteiger partial charge is 0.120 e. The molecule has 0 N–H and O–H groups in total. The summed E-state index contributed by atoms with van der Waals surface area (Å²) in [7, 11) is 1.62. The molecule has 0 amide bonds. The number of halogens is 2. The summed E-state index contributed by atoms with van der Waals surface area (Å²) in [6.45, 7) is 0. The molecular weight excluding hydrogens is 275 g/mol. The number of ether oxygens (including phenoxy) is 1. The van der Waals surface area contributed by atoms with Crippen LogP contribution >= 0.6 is 35.0 Å². The molecule has 0 aliphatic heterocycles. The van der Waals surface area contributed by atoms with Crippen molar-refractivity contribution in [3.63, 3.8) is 0 Å². The number of hydrogen-bond acceptors (Lipinski definition) is 2. The number of rotatable bonds is 3. The normalized spacial score (nSPS) is 10.3. The largest absolute Gasteiger partial charge is 0.497 e. The molecule has 0 spiro atoms. The fraction of sp³-hybridized carbons (Fsp3) is 0.0769. The molecule has 0 atom stereocenters. The third-order valence-corrected chi connectivity index (χ3v) is 3.94. The quantitative estimate of drug-likeness (QED) is 0.771. The Balaban J connectivity index is 2.21. The SMILES string of the molecule is COc1ccc(Sc2ccc(Cl)cc2)c(Cl)c1. The van der Waals surface area contributed by atoms with Crippen LogP contribution in [0.3, 0.4) is 0 Å². The van der Waals surface area contributed by atoms with Crippen LogP contribution in [-0.4, -0.2) is 7.11 Å². The molecule has 2 aromatic rings. The van der Waals surface area contributed by atoms with Crippen LogP contribution in [0.2, 0.25) is 10.0 Å². The molecule has 0 bridgehead atoms. The molecule has 0 fully saturated rings. The summed E-state index contributed by atoms with van der Waals surface area (Å²) in [5, 5.41) is 1.42. The zero-order valence-corrected chi connectivity index (χ0v) is 11.4. The van der Waals surface area contributed by atoms with Crippen molar-refractivity contribution in [2.45, 2.75) is 9.79 Å². The van der Waals surface area contributed by atoms with Gasteiger partial charge in [0.05, 0.1) is 12.1 Å². The van der Waals surface area contributed by atoms with E-state index < -0.39 is 0 Å². The van der Waals surface area contributed by atoms with E-state index in [4.69, 9.17) is 27.9 Å². The third kappa shape index (κ3) is 3.32. The first kappa shape index (κ1) is 12.6. The van der Waals surface area contributed by atoms with Crippen LogP contribution in [0.5, 0.6) is 5.75 Å². The lowest BCUT2D eigenvalue weighted by Gasteiger charge is -2.06. The Kier molecular flexibility index (Phi) is 4.21. The Morgan fingerprint density at radius 2 is 1.71 bits per heavy atom. The van der Waals surface area contributed by atoms with Crippen molar-refractivity contribution in [1.82, 2.24) is 0 Å². The van der Waals surface area contributed by atoms with E-state index in [2.05, 4.69) is 0 Å². The summed E-state index contributed by atoms with van der Waals surface area (Å²) in [6.07, 6.45) is 0. The molecule has 88 valence electrons. The van der Waals surface area contributed by atoms with Crippen molar-refractivity contribution in [3.05, 3.63) is 52.5 Å². The van der Waals surface area contributed by atoms with Gasteiger partial charge in [0.2, 0.25) is 0 Å². The van der Waals surface area contributed by atoms with Gasteiger partial charge in [0.25, 0.3) is 0 Å². The van der Waals surface area contributed by atoms with E-state index in [0.29, 0.717) is 5.02 Å². The zero-order chi connectivity index (χ0) is 12.3. The van der Waals surface area contributed by atoms with E-state index >= 15 is 0 Å². The Morgan fingerprint density at radius 1 is 1.00 bits per heavy atom. The summed E-state index contributed by atoms with van der Waals surface area (Å²) >= 11 is 13.6. The molecule has 0 heterocycles. The minimum Gasteiger partial charge on any atom is -0.497 e. The van der Waals surface area contributed by atoms with Gasteiger partial charge in [-0.2, -0.15) is 0 Å². The van der Waals surface area contributed by atoms with E-state index in [1.807, 2.05) is 36.4 Å². The molecule has 17 heavy (non-hydrogen) atoms. The molecule has 0 unspecified atom stereocenters. The first-order valence-corrected chi connectivity index (χ1v) is 6.53. The Labute approximate surface area is 115 Å². The molecule has 0 saturated carbocycles. The highest BCUT2D eigenvalue weighted by Gasteiger charge is 2.04. The highest BCUT2D eigenvalue weighted by Crippen LogP contribution is 2.35. The molecule has 0 saturated heterocycles. The van der Waals surface area contributed by atoms with Crippen LogP contribution in [0, 0.1) is 0 Å². The molecule has 2 rings (SSSR count). The maximum Gasteiger partial charge on any atom is 0.120 e. The van der Waals surface area contributed by atoms with Crippen molar-refractivity contribution < 1.29 is 4.74 Å². The predicted octanol–water partition coefficient (Wildman–Crippen LogP) is 5.15. The maximum absolute atomic E-state index is 6.16. The van der Waals surface area contributed by atoms with Crippen LogP contribution in [-0.2, 0) is 0 Å². The lowest BCUT2D eigenvalue weighted by Crippen LogP contribution is -1.83. The molecule has 4 heteroatoms. The topological polar surface area (TPSA) is 9.23 Å². The molecular formula is C13H10Cl2OS. The summed E-state index contributed by atoms with van der Waals surface area (Å²) in [6, 6.07) is 13.3. The fourth-order valence-electron chi connectivity index (χ4n) is 1.32. The van der Waals surface area contributed by atoms with E-state index in [-0.39, 0.29) is 0 Å². The van der Waals surface area contributed by atoms with Gasteiger partial charge in [-0.25, -0.2) is 0 Å². The van der Waals surface area contributed by atoms with Crippen LogP contribution in [0.25, 0.3) is 0 Å². The standard InChI is InChI=1S/C13H10Cl2OS/c1-16-10-4-7-13(12(15)8-10)17-11-5-2-9(14)3-6-11/h2-8H,1H3. The monoisotopic (exact) mass is 284 g/mol. The van der Waals surface area contributed by atoms with E-state index in [9.17, 15) is 0 Å². The average molecular weight is 285 g/mol. The van der Waals surface area contributed by atoms with Crippen LogP contribution in [0.1, 0.15) is 0 Å². The molecule has 0 aromatic heterocycles. The lowest BCUT2D eigenvalue weighted by molar-refractivity contribution is 0.414. The second-order valence-electron chi connectivity index (χ2n) is 3.35. The van der Waals surface area contributed by atoms with Crippen molar-refractivity contribution in [2.24, 2.45) is 0 Å². The lowest BCUT2D eigenvalue weighted by atomic mass is 10.3. The summed E-state index contributed by atoms with van der Waals surface area (Å²) in [5.74, 6) is 0.760. The van der Waals surface area contributed by atoms with E-state index in [1.54, 1.807) is 24.9 Å². The molecule has 0 radical (unpaired) electrons. The van der Waals surface area contributed by atoms with Gasteiger partial charge < -0.3 is 4.74 Å². The van der Waals surface area contributed by atoms with Gasteiger partial charge in [0.1, 0.15) is 5.75 Å². The molecule has 2 aromatic carbocycles. The second-order valence-corrected chi connectivity index (χ2v) is 5.31. The minimum absolute atomic E-state index is 0.685. The highest BCUT2D eigenvalue weighted by atomic mass is 35.5. The summed E-state index contributed by atoms with van der Waals surface area (Å²) in [4.78, 5) is 2.09. The Bertz CT molecular complexity index is 511. The van der Waals surface area contributed by atoms with Gasteiger partial charge in [0, 0.05) is 14.8 Å². The van der Waals surface area contributed by atoms with Gasteiger partial charge >= 0.3 is 0 Å². The first-order chi connectivity index (χ1) is 8.19. The fourth-order valence-corrected chi connectivity index (χ4v) is 2.55. The van der Waals surface area contributed by atoms with Gasteiger partial charge in [0.15, 0.2) is 0 Å². The van der Waals surface area contributed by atoms with Gasteiger partial charge in [-0.15, -0.1) is 0 Å². The Hall–Kier alpha value is -0.830. The third-order valence-electron chi connectivity index (χ3n) is 2.18.